The van der Waals surface area contributed by atoms with Crippen molar-refractivity contribution in [2.24, 2.45) is 0 Å². The van der Waals surface area contributed by atoms with Gasteiger partial charge in [-0.15, -0.1) is 0 Å². The number of benzene rings is 3. The Labute approximate surface area is 199 Å². The Morgan fingerprint density at radius 3 is 1.82 bits per heavy atom. The molecule has 1 amide bonds. The lowest BCUT2D eigenvalue weighted by molar-refractivity contribution is -0.124. The van der Waals surface area contributed by atoms with E-state index < -0.39 is 12.6 Å². The minimum atomic E-state index is -0.695. The van der Waals surface area contributed by atoms with Crippen molar-refractivity contribution in [1.29, 1.82) is 0 Å². The molecule has 0 aromatic heterocycles. The maximum atomic E-state index is 12.6. The first kappa shape index (κ1) is 24.6. The Morgan fingerprint density at radius 2 is 1.29 bits per heavy atom. The molecule has 0 saturated heterocycles. The third-order valence-electron chi connectivity index (χ3n) is 5.42. The summed E-state index contributed by atoms with van der Waals surface area (Å²) >= 11 is 0. The van der Waals surface area contributed by atoms with E-state index >= 15 is 0 Å². The molecule has 0 radical (unpaired) electrons. The summed E-state index contributed by atoms with van der Waals surface area (Å²) in [6.45, 7) is 0.0300. The van der Waals surface area contributed by atoms with Gasteiger partial charge in [-0.1, -0.05) is 60.7 Å². The van der Waals surface area contributed by atoms with Crippen LogP contribution < -0.4 is 19.5 Å². The van der Waals surface area contributed by atoms with Crippen molar-refractivity contribution in [3.05, 3.63) is 89.5 Å². The van der Waals surface area contributed by atoms with Crippen molar-refractivity contribution in [3.63, 3.8) is 0 Å². The second kappa shape index (κ2) is 12.3. The largest absolute Gasteiger partial charge is 0.496 e. The number of esters is 1. The zero-order chi connectivity index (χ0) is 24.3. The molecular formula is C27H29NO6. The van der Waals surface area contributed by atoms with Crippen LogP contribution >= 0.6 is 0 Å². The first-order chi connectivity index (χ1) is 16.6. The summed E-state index contributed by atoms with van der Waals surface area (Å²) in [5, 5.41) is 2.84. The third-order valence-corrected chi connectivity index (χ3v) is 5.42. The molecule has 1 N–H and O–H groups in total. The number of methoxy groups -OCH3 is 3. The molecule has 0 bridgehead atoms. The van der Waals surface area contributed by atoms with Crippen LogP contribution in [-0.4, -0.2) is 46.4 Å². The molecule has 0 heterocycles. The number of amides is 1. The monoisotopic (exact) mass is 463 g/mol. The summed E-state index contributed by atoms with van der Waals surface area (Å²) in [4.78, 5) is 24.9. The molecule has 0 aliphatic carbocycles. The molecule has 3 aromatic carbocycles. The average Bonchev–Trinajstić information content (AvgIpc) is 2.89. The van der Waals surface area contributed by atoms with E-state index in [4.69, 9.17) is 18.9 Å². The van der Waals surface area contributed by atoms with E-state index in [1.807, 2.05) is 36.4 Å². The van der Waals surface area contributed by atoms with Crippen LogP contribution in [0, 0.1) is 0 Å². The number of ether oxygens (including phenoxy) is 4. The standard InChI is InChI=1S/C27H29NO6/c1-31-23-17-25(33-3)24(32-2)16-22(23)27(30)34-18-26(29)28-15-14-21(19-10-6-4-7-11-19)20-12-8-5-9-13-20/h4-13,16-17,21H,14-15,18H2,1-3H3,(H,28,29). The van der Waals surface area contributed by atoms with Crippen LogP contribution in [0.25, 0.3) is 0 Å². The van der Waals surface area contributed by atoms with Gasteiger partial charge in [0.05, 0.1) is 21.3 Å². The van der Waals surface area contributed by atoms with E-state index in [9.17, 15) is 9.59 Å². The number of rotatable bonds is 11. The minimum Gasteiger partial charge on any atom is -0.496 e. The molecule has 3 rings (SSSR count). The smallest absolute Gasteiger partial charge is 0.342 e. The van der Waals surface area contributed by atoms with Crippen molar-refractivity contribution >= 4 is 11.9 Å². The lowest BCUT2D eigenvalue weighted by Gasteiger charge is -2.18. The van der Waals surface area contributed by atoms with E-state index in [2.05, 4.69) is 29.6 Å². The van der Waals surface area contributed by atoms with Gasteiger partial charge in [-0.25, -0.2) is 4.79 Å². The van der Waals surface area contributed by atoms with E-state index in [-0.39, 0.29) is 23.1 Å². The maximum Gasteiger partial charge on any atom is 0.342 e. The molecule has 0 atom stereocenters. The quantitative estimate of drug-likeness (QED) is 0.429. The Bertz CT molecular complexity index is 1050. The molecule has 0 saturated carbocycles. The molecule has 0 spiro atoms. The molecule has 0 aliphatic rings. The fraction of sp³-hybridized carbons (Fsp3) is 0.259. The topological polar surface area (TPSA) is 83.1 Å². The van der Waals surface area contributed by atoms with Gasteiger partial charge in [-0.05, 0) is 17.5 Å². The van der Waals surface area contributed by atoms with Crippen LogP contribution in [0.1, 0.15) is 33.8 Å². The predicted octanol–water partition coefficient (Wildman–Crippen LogP) is 4.21. The Hall–Kier alpha value is -4.00. The lowest BCUT2D eigenvalue weighted by atomic mass is 9.88. The number of nitrogens with one attached hydrogen (secondary N) is 1. The highest BCUT2D eigenvalue weighted by Gasteiger charge is 2.20. The zero-order valence-corrected chi connectivity index (χ0v) is 19.6. The molecule has 0 aliphatic heterocycles. The Morgan fingerprint density at radius 1 is 0.765 bits per heavy atom. The van der Waals surface area contributed by atoms with Crippen molar-refractivity contribution in [2.75, 3.05) is 34.5 Å². The second-order valence-corrected chi connectivity index (χ2v) is 7.50. The maximum absolute atomic E-state index is 12.6. The fourth-order valence-electron chi connectivity index (χ4n) is 3.70. The number of carbonyl (C=O) groups excluding carboxylic acids is 2. The van der Waals surface area contributed by atoms with Crippen molar-refractivity contribution in [2.45, 2.75) is 12.3 Å². The van der Waals surface area contributed by atoms with Crippen LogP contribution in [0.3, 0.4) is 0 Å². The molecule has 7 nitrogen and oxygen atoms in total. The molecule has 0 unspecified atom stereocenters. The SMILES string of the molecule is COc1cc(OC)c(C(=O)OCC(=O)NCCC(c2ccccc2)c2ccccc2)cc1OC. The molecule has 3 aromatic rings. The zero-order valence-electron chi connectivity index (χ0n) is 19.6. The van der Waals surface area contributed by atoms with E-state index in [0.717, 1.165) is 0 Å². The van der Waals surface area contributed by atoms with Gasteiger partial charge in [0, 0.05) is 24.6 Å². The fourth-order valence-corrected chi connectivity index (χ4v) is 3.70. The third kappa shape index (κ3) is 6.28. The normalized spacial score (nSPS) is 10.5. The highest BCUT2D eigenvalue weighted by atomic mass is 16.5. The summed E-state index contributed by atoms with van der Waals surface area (Å²) in [6, 6.07) is 23.3. The molecule has 0 fully saturated rings. The van der Waals surface area contributed by atoms with Crippen LogP contribution in [-0.2, 0) is 9.53 Å². The molecule has 34 heavy (non-hydrogen) atoms. The molecule has 178 valence electrons. The Kier molecular flexibility index (Phi) is 8.91. The summed E-state index contributed by atoms with van der Waals surface area (Å²) in [5.74, 6) is 0.0950. The average molecular weight is 464 g/mol. The first-order valence-electron chi connectivity index (χ1n) is 10.9. The van der Waals surface area contributed by atoms with Gasteiger partial charge in [-0.3, -0.25) is 4.79 Å². The van der Waals surface area contributed by atoms with Crippen molar-refractivity contribution < 1.29 is 28.5 Å². The van der Waals surface area contributed by atoms with Gasteiger partial charge >= 0.3 is 5.97 Å². The summed E-state index contributed by atoms with van der Waals surface area (Å²) < 4.78 is 20.9. The van der Waals surface area contributed by atoms with E-state index in [1.165, 1.54) is 44.6 Å². The van der Waals surface area contributed by atoms with Crippen molar-refractivity contribution in [1.82, 2.24) is 5.32 Å². The van der Waals surface area contributed by atoms with E-state index in [1.54, 1.807) is 0 Å². The first-order valence-corrected chi connectivity index (χ1v) is 10.9. The predicted molar refractivity (Wildman–Crippen MR) is 129 cm³/mol. The van der Waals surface area contributed by atoms with Gasteiger partial charge in [-0.2, -0.15) is 0 Å². The number of hydrogen-bond donors (Lipinski definition) is 1. The summed E-state index contributed by atoms with van der Waals surface area (Å²) in [7, 11) is 4.38. The van der Waals surface area contributed by atoms with Crippen LogP contribution in [0.2, 0.25) is 0 Å². The highest BCUT2D eigenvalue weighted by Crippen LogP contribution is 2.35. The van der Waals surface area contributed by atoms with Gasteiger partial charge in [0.25, 0.3) is 5.91 Å². The van der Waals surface area contributed by atoms with Gasteiger partial charge < -0.3 is 24.3 Å². The lowest BCUT2D eigenvalue weighted by Crippen LogP contribution is -2.30. The molecule has 7 heteroatoms. The van der Waals surface area contributed by atoms with Crippen molar-refractivity contribution in [3.8, 4) is 17.2 Å². The second-order valence-electron chi connectivity index (χ2n) is 7.50. The summed E-state index contributed by atoms with van der Waals surface area (Å²) in [6.07, 6.45) is 0.706. The number of carbonyl (C=O) groups is 2. The van der Waals surface area contributed by atoms with Crippen LogP contribution in [0.4, 0.5) is 0 Å². The Balaban J connectivity index is 1.57. The van der Waals surface area contributed by atoms with Gasteiger partial charge in [0.1, 0.15) is 11.3 Å². The number of hydrogen-bond acceptors (Lipinski definition) is 6. The summed E-state index contributed by atoms with van der Waals surface area (Å²) in [5.41, 5.74) is 2.49. The minimum absolute atomic E-state index is 0.140. The van der Waals surface area contributed by atoms with Crippen LogP contribution in [0.5, 0.6) is 17.2 Å². The van der Waals surface area contributed by atoms with Gasteiger partial charge in [0.15, 0.2) is 18.1 Å². The highest BCUT2D eigenvalue weighted by molar-refractivity contribution is 5.95. The van der Waals surface area contributed by atoms with Crippen LogP contribution in [0.15, 0.2) is 72.8 Å². The van der Waals surface area contributed by atoms with Gasteiger partial charge in [0.2, 0.25) is 0 Å². The molecular weight excluding hydrogens is 434 g/mol. The van der Waals surface area contributed by atoms with E-state index in [0.29, 0.717) is 24.5 Å².